The smallest absolute Gasteiger partial charge is 0.261 e. The van der Waals surface area contributed by atoms with Gasteiger partial charge in [0.1, 0.15) is 0 Å². The fourth-order valence-corrected chi connectivity index (χ4v) is 2.99. The highest BCUT2D eigenvalue weighted by Gasteiger charge is 2.44. The van der Waals surface area contributed by atoms with E-state index in [1.165, 1.54) is 4.90 Å². The van der Waals surface area contributed by atoms with E-state index in [9.17, 15) is 9.59 Å². The first-order chi connectivity index (χ1) is 8.74. The first-order valence-corrected chi connectivity index (χ1v) is 6.23. The summed E-state index contributed by atoms with van der Waals surface area (Å²) in [4.78, 5) is 26.0. The molecule has 1 fully saturated rings. The molecule has 1 heterocycles. The summed E-state index contributed by atoms with van der Waals surface area (Å²) >= 11 is 0. The Hall–Kier alpha value is -1.68. The highest BCUT2D eigenvalue weighted by molar-refractivity contribution is 6.21. The second-order valence-corrected chi connectivity index (χ2v) is 4.80. The normalized spacial score (nSPS) is 26.8. The number of nitrogens with zero attached hydrogens (tertiary/aromatic N) is 1. The van der Waals surface area contributed by atoms with Gasteiger partial charge in [0.05, 0.1) is 23.3 Å². The predicted molar refractivity (Wildman–Crippen MR) is 65.4 cm³/mol. The lowest BCUT2D eigenvalue weighted by atomic mass is 10.1. The molecular weight excluding hydrogens is 230 g/mol. The molecule has 4 heteroatoms. The molecule has 1 aromatic carbocycles. The summed E-state index contributed by atoms with van der Waals surface area (Å²) in [5, 5.41) is 0. The van der Waals surface area contributed by atoms with Gasteiger partial charge in [-0.1, -0.05) is 12.1 Å². The van der Waals surface area contributed by atoms with Gasteiger partial charge in [-0.3, -0.25) is 14.5 Å². The van der Waals surface area contributed by atoms with Crippen LogP contribution < -0.4 is 0 Å². The highest BCUT2D eigenvalue weighted by atomic mass is 16.5. The van der Waals surface area contributed by atoms with E-state index in [2.05, 4.69) is 0 Å². The van der Waals surface area contributed by atoms with Crippen LogP contribution in [0.4, 0.5) is 0 Å². The molecule has 2 aliphatic rings. The standard InChI is InChI=1S/C14H15NO3/c1-18-12-8-4-7-11(12)15-13(16)9-5-2-3-6-10(9)14(15)17/h2-3,5-6,11-12H,4,7-8H2,1H3/t11-,12?/m0/s1. The molecule has 2 atom stereocenters. The zero-order chi connectivity index (χ0) is 12.7. The van der Waals surface area contributed by atoms with Crippen LogP contribution in [0.5, 0.6) is 0 Å². The third-order valence-electron chi connectivity index (χ3n) is 3.88. The molecule has 0 N–H and O–H groups in total. The summed E-state index contributed by atoms with van der Waals surface area (Å²) in [7, 11) is 1.64. The van der Waals surface area contributed by atoms with Crippen LogP contribution in [0.2, 0.25) is 0 Å². The number of hydrogen-bond acceptors (Lipinski definition) is 3. The van der Waals surface area contributed by atoms with Crippen LogP contribution in [-0.2, 0) is 4.74 Å². The molecule has 0 spiro atoms. The van der Waals surface area contributed by atoms with Gasteiger partial charge < -0.3 is 4.74 Å². The van der Waals surface area contributed by atoms with Crippen LogP contribution in [0.3, 0.4) is 0 Å². The number of imide groups is 1. The van der Waals surface area contributed by atoms with Crippen LogP contribution in [0.25, 0.3) is 0 Å². The summed E-state index contributed by atoms with van der Waals surface area (Å²) in [6.45, 7) is 0. The molecule has 2 amide bonds. The molecule has 4 nitrogen and oxygen atoms in total. The molecule has 18 heavy (non-hydrogen) atoms. The van der Waals surface area contributed by atoms with Gasteiger partial charge >= 0.3 is 0 Å². The topological polar surface area (TPSA) is 46.6 Å². The lowest BCUT2D eigenvalue weighted by Gasteiger charge is -2.26. The van der Waals surface area contributed by atoms with Crippen molar-refractivity contribution in [3.63, 3.8) is 0 Å². The Kier molecular flexibility index (Phi) is 2.67. The van der Waals surface area contributed by atoms with Gasteiger partial charge in [0.15, 0.2) is 0 Å². The first-order valence-electron chi connectivity index (χ1n) is 6.23. The van der Waals surface area contributed by atoms with Crippen molar-refractivity contribution in [2.24, 2.45) is 0 Å². The van der Waals surface area contributed by atoms with Gasteiger partial charge in [0.25, 0.3) is 11.8 Å². The van der Waals surface area contributed by atoms with E-state index in [1.54, 1.807) is 31.4 Å². The number of methoxy groups -OCH3 is 1. The van der Waals surface area contributed by atoms with Crippen molar-refractivity contribution in [3.05, 3.63) is 35.4 Å². The Morgan fingerprint density at radius 3 is 2.28 bits per heavy atom. The zero-order valence-electron chi connectivity index (χ0n) is 10.3. The number of benzene rings is 1. The average molecular weight is 245 g/mol. The number of carbonyl (C=O) groups is 2. The summed E-state index contributed by atoms with van der Waals surface area (Å²) in [6.07, 6.45) is 2.72. The largest absolute Gasteiger partial charge is 0.379 e. The van der Waals surface area contributed by atoms with E-state index >= 15 is 0 Å². The molecule has 0 bridgehead atoms. The van der Waals surface area contributed by atoms with Gasteiger partial charge in [0, 0.05) is 7.11 Å². The van der Waals surface area contributed by atoms with Crippen LogP contribution in [-0.4, -0.2) is 36.0 Å². The molecular formula is C14H15NO3. The van der Waals surface area contributed by atoms with Crippen molar-refractivity contribution in [1.82, 2.24) is 4.90 Å². The van der Waals surface area contributed by atoms with Crippen molar-refractivity contribution in [3.8, 4) is 0 Å². The van der Waals surface area contributed by atoms with Gasteiger partial charge in [-0.15, -0.1) is 0 Å². The maximum atomic E-state index is 12.3. The molecule has 0 saturated heterocycles. The van der Waals surface area contributed by atoms with Crippen molar-refractivity contribution >= 4 is 11.8 Å². The number of carbonyl (C=O) groups excluding carboxylic acids is 2. The second-order valence-electron chi connectivity index (χ2n) is 4.80. The highest BCUT2D eigenvalue weighted by Crippen LogP contribution is 2.32. The fourth-order valence-electron chi connectivity index (χ4n) is 2.99. The third kappa shape index (κ3) is 1.49. The van der Waals surface area contributed by atoms with Crippen molar-refractivity contribution in [1.29, 1.82) is 0 Å². The van der Waals surface area contributed by atoms with E-state index in [-0.39, 0.29) is 24.0 Å². The van der Waals surface area contributed by atoms with Crippen LogP contribution in [0, 0.1) is 0 Å². The predicted octanol–water partition coefficient (Wildman–Crippen LogP) is 1.85. The van der Waals surface area contributed by atoms with E-state index in [1.807, 2.05) is 0 Å². The number of rotatable bonds is 2. The Balaban J connectivity index is 1.97. The number of amides is 2. The Labute approximate surface area is 106 Å². The minimum Gasteiger partial charge on any atom is -0.379 e. The van der Waals surface area contributed by atoms with Crippen molar-refractivity contribution in [2.75, 3.05) is 7.11 Å². The molecule has 94 valence electrons. The van der Waals surface area contributed by atoms with Gasteiger partial charge in [-0.2, -0.15) is 0 Å². The lowest BCUT2D eigenvalue weighted by molar-refractivity contribution is 0.0278. The van der Waals surface area contributed by atoms with E-state index in [0.717, 1.165) is 19.3 Å². The molecule has 0 aromatic heterocycles. The van der Waals surface area contributed by atoms with E-state index in [0.29, 0.717) is 11.1 Å². The minimum atomic E-state index is -0.176. The molecule has 1 saturated carbocycles. The van der Waals surface area contributed by atoms with Crippen LogP contribution >= 0.6 is 0 Å². The quantitative estimate of drug-likeness (QED) is 0.747. The number of fused-ring (bicyclic) bond motifs is 1. The molecule has 1 unspecified atom stereocenters. The van der Waals surface area contributed by atoms with E-state index < -0.39 is 0 Å². The Morgan fingerprint density at radius 1 is 1.11 bits per heavy atom. The maximum absolute atomic E-state index is 12.3. The zero-order valence-corrected chi connectivity index (χ0v) is 10.3. The Bertz CT molecular complexity index is 477. The SMILES string of the molecule is COC1CCC[C@@H]1N1C(=O)c2ccccc2C1=O. The maximum Gasteiger partial charge on any atom is 0.261 e. The summed E-state index contributed by atoms with van der Waals surface area (Å²) in [6, 6.07) is 6.90. The second kappa shape index (κ2) is 4.21. The van der Waals surface area contributed by atoms with Crippen molar-refractivity contribution in [2.45, 2.75) is 31.4 Å². The minimum absolute atomic E-state index is 0.0211. The van der Waals surface area contributed by atoms with Crippen LogP contribution in [0.1, 0.15) is 40.0 Å². The summed E-state index contributed by atoms with van der Waals surface area (Å²) in [5.41, 5.74) is 1.04. The number of hydrogen-bond donors (Lipinski definition) is 0. The average Bonchev–Trinajstić information content (AvgIpc) is 2.95. The van der Waals surface area contributed by atoms with E-state index in [4.69, 9.17) is 4.74 Å². The Morgan fingerprint density at radius 2 is 1.72 bits per heavy atom. The lowest BCUT2D eigenvalue weighted by Crippen LogP contribution is -2.44. The number of ether oxygens (including phenoxy) is 1. The molecule has 1 aromatic rings. The molecule has 0 radical (unpaired) electrons. The van der Waals surface area contributed by atoms with Gasteiger partial charge in [-0.05, 0) is 31.4 Å². The van der Waals surface area contributed by atoms with Gasteiger partial charge in [0.2, 0.25) is 0 Å². The van der Waals surface area contributed by atoms with Crippen LogP contribution in [0.15, 0.2) is 24.3 Å². The summed E-state index contributed by atoms with van der Waals surface area (Å²) < 4.78 is 5.39. The fraction of sp³-hybridized carbons (Fsp3) is 0.429. The monoisotopic (exact) mass is 245 g/mol. The third-order valence-corrected chi connectivity index (χ3v) is 3.88. The van der Waals surface area contributed by atoms with Gasteiger partial charge in [-0.25, -0.2) is 0 Å². The summed E-state index contributed by atoms with van der Waals surface area (Å²) in [5.74, 6) is -0.353. The molecule has 1 aliphatic heterocycles. The first kappa shape index (κ1) is 11.4. The molecule has 1 aliphatic carbocycles. The van der Waals surface area contributed by atoms with Crippen molar-refractivity contribution < 1.29 is 14.3 Å². The molecule has 3 rings (SSSR count).